The molecule has 4 aromatic rings. The molecule has 5 heteroatoms. The Hall–Kier alpha value is -3.60. The van der Waals surface area contributed by atoms with Gasteiger partial charge in [-0.15, -0.1) is 0 Å². The molecule has 3 aromatic carbocycles. The first kappa shape index (κ1) is 15.6. The topological polar surface area (TPSA) is 50.2 Å². The van der Waals surface area contributed by atoms with Gasteiger partial charge in [-0.2, -0.15) is 5.10 Å². The van der Waals surface area contributed by atoms with E-state index in [2.05, 4.69) is 16.5 Å². The molecule has 132 valence electrons. The Morgan fingerprint density at radius 3 is 2.67 bits per heavy atom. The van der Waals surface area contributed by atoms with Crippen molar-refractivity contribution in [3.8, 4) is 0 Å². The van der Waals surface area contributed by atoms with Crippen molar-refractivity contribution in [3.05, 3.63) is 84.1 Å². The molecule has 0 saturated heterocycles. The lowest BCUT2D eigenvalue weighted by Crippen LogP contribution is -2.29. The minimum absolute atomic E-state index is 0.0216. The van der Waals surface area contributed by atoms with Crippen LogP contribution in [0, 0.1) is 0 Å². The van der Waals surface area contributed by atoms with Gasteiger partial charge in [-0.1, -0.05) is 42.5 Å². The third kappa shape index (κ3) is 2.56. The summed E-state index contributed by atoms with van der Waals surface area (Å²) < 4.78 is 1.80. The number of carbonyl (C=O) groups excluding carboxylic acids is 1. The summed E-state index contributed by atoms with van der Waals surface area (Å²) in [6, 6.07) is 21.8. The molecule has 1 aromatic heterocycles. The van der Waals surface area contributed by atoms with E-state index in [4.69, 9.17) is 0 Å². The number of aryl methyl sites for hydroxylation is 1. The number of carbonyl (C=O) groups is 1. The molecular formula is C22H18N4O. The van der Waals surface area contributed by atoms with Crippen LogP contribution >= 0.6 is 0 Å². The summed E-state index contributed by atoms with van der Waals surface area (Å²) in [6.07, 6.45) is 1.81. The Morgan fingerprint density at radius 1 is 1.00 bits per heavy atom. The summed E-state index contributed by atoms with van der Waals surface area (Å²) in [4.78, 5) is 15.3. The minimum atomic E-state index is -0.0216. The van der Waals surface area contributed by atoms with E-state index in [0.29, 0.717) is 12.1 Å². The van der Waals surface area contributed by atoms with Crippen molar-refractivity contribution in [1.82, 2.24) is 9.78 Å². The highest BCUT2D eigenvalue weighted by atomic mass is 16.2. The normalized spacial score (nSPS) is 12.9. The molecule has 0 saturated carbocycles. The van der Waals surface area contributed by atoms with Crippen molar-refractivity contribution >= 4 is 33.9 Å². The van der Waals surface area contributed by atoms with Crippen LogP contribution in [-0.2, 0) is 13.6 Å². The largest absolute Gasteiger partial charge is 0.338 e. The quantitative estimate of drug-likeness (QED) is 0.548. The van der Waals surface area contributed by atoms with Gasteiger partial charge in [0.25, 0.3) is 5.91 Å². The van der Waals surface area contributed by atoms with E-state index in [9.17, 15) is 4.79 Å². The molecule has 5 rings (SSSR count). The number of fused-ring (bicyclic) bond motifs is 3. The first-order chi connectivity index (χ1) is 13.2. The van der Waals surface area contributed by atoms with Crippen molar-refractivity contribution in [2.75, 3.05) is 10.2 Å². The van der Waals surface area contributed by atoms with E-state index in [1.54, 1.807) is 4.68 Å². The van der Waals surface area contributed by atoms with Crippen molar-refractivity contribution in [1.29, 1.82) is 0 Å². The lowest BCUT2D eigenvalue weighted by Gasteiger charge is -2.22. The summed E-state index contributed by atoms with van der Waals surface area (Å²) in [5.41, 5.74) is 3.43. The number of para-hydroxylation sites is 2. The van der Waals surface area contributed by atoms with Crippen molar-refractivity contribution in [2.45, 2.75) is 6.54 Å². The second kappa shape index (κ2) is 5.99. The molecule has 0 aliphatic carbocycles. The van der Waals surface area contributed by atoms with Gasteiger partial charge in [0.1, 0.15) is 5.82 Å². The molecular weight excluding hydrogens is 336 g/mol. The summed E-state index contributed by atoms with van der Waals surface area (Å²) in [6.45, 7) is 0.471. The monoisotopic (exact) mass is 354 g/mol. The first-order valence-electron chi connectivity index (χ1n) is 8.88. The molecule has 1 amide bonds. The highest BCUT2D eigenvalue weighted by Crippen LogP contribution is 2.36. The Labute approximate surface area is 156 Å². The maximum Gasteiger partial charge on any atom is 0.258 e. The summed E-state index contributed by atoms with van der Waals surface area (Å²) in [5, 5.41) is 9.95. The van der Waals surface area contributed by atoms with Crippen LogP contribution in [0.3, 0.4) is 0 Å². The SMILES string of the molecule is Cn1ncc2c1Nc1ccccc1N(C(=O)c1ccc3ccccc3c1)C2. The van der Waals surface area contributed by atoms with Crippen LogP contribution < -0.4 is 10.2 Å². The predicted molar refractivity (Wildman–Crippen MR) is 107 cm³/mol. The van der Waals surface area contributed by atoms with Gasteiger partial charge in [0.2, 0.25) is 0 Å². The molecule has 2 heterocycles. The van der Waals surface area contributed by atoms with Gasteiger partial charge in [0.05, 0.1) is 24.1 Å². The molecule has 0 radical (unpaired) electrons. The number of aromatic nitrogens is 2. The van der Waals surface area contributed by atoms with Gasteiger partial charge in [0, 0.05) is 18.2 Å². The van der Waals surface area contributed by atoms with Crippen LogP contribution in [0.15, 0.2) is 72.9 Å². The molecule has 27 heavy (non-hydrogen) atoms. The molecule has 0 spiro atoms. The van der Waals surface area contributed by atoms with E-state index in [1.165, 1.54) is 0 Å². The minimum Gasteiger partial charge on any atom is -0.338 e. The van der Waals surface area contributed by atoms with Crippen molar-refractivity contribution < 1.29 is 4.79 Å². The average molecular weight is 354 g/mol. The van der Waals surface area contributed by atoms with Crippen molar-refractivity contribution in [2.24, 2.45) is 7.05 Å². The number of hydrogen-bond donors (Lipinski definition) is 1. The second-order valence-corrected chi connectivity index (χ2v) is 6.74. The van der Waals surface area contributed by atoms with Crippen LogP contribution in [0.5, 0.6) is 0 Å². The van der Waals surface area contributed by atoms with E-state index < -0.39 is 0 Å². The van der Waals surface area contributed by atoms with Gasteiger partial charge >= 0.3 is 0 Å². The standard InChI is InChI=1S/C22H18N4O/c1-25-21-18(13-23-25)14-26(20-9-5-4-8-19(20)24-21)22(27)17-11-10-15-6-2-3-7-16(15)12-17/h2-13,24H,14H2,1H3. The smallest absolute Gasteiger partial charge is 0.258 e. The summed E-state index contributed by atoms with van der Waals surface area (Å²) >= 11 is 0. The van der Waals surface area contributed by atoms with E-state index in [1.807, 2.05) is 78.8 Å². The van der Waals surface area contributed by atoms with E-state index >= 15 is 0 Å². The molecule has 0 atom stereocenters. The lowest BCUT2D eigenvalue weighted by molar-refractivity contribution is 0.0985. The summed E-state index contributed by atoms with van der Waals surface area (Å²) in [7, 11) is 1.90. The molecule has 5 nitrogen and oxygen atoms in total. The average Bonchev–Trinajstić information content (AvgIpc) is 2.96. The maximum atomic E-state index is 13.4. The second-order valence-electron chi connectivity index (χ2n) is 6.74. The number of amides is 1. The highest BCUT2D eigenvalue weighted by Gasteiger charge is 2.26. The maximum absolute atomic E-state index is 13.4. The molecule has 0 unspecified atom stereocenters. The Balaban J connectivity index is 1.62. The zero-order valence-electron chi connectivity index (χ0n) is 14.9. The van der Waals surface area contributed by atoms with Gasteiger partial charge in [-0.25, -0.2) is 0 Å². The first-order valence-corrected chi connectivity index (χ1v) is 8.88. The van der Waals surface area contributed by atoms with Crippen LogP contribution in [0.4, 0.5) is 17.2 Å². The lowest BCUT2D eigenvalue weighted by atomic mass is 10.1. The van der Waals surface area contributed by atoms with Crippen LogP contribution in [-0.4, -0.2) is 15.7 Å². The Kier molecular flexibility index (Phi) is 3.47. The number of hydrogen-bond acceptors (Lipinski definition) is 3. The van der Waals surface area contributed by atoms with Crippen molar-refractivity contribution in [3.63, 3.8) is 0 Å². The van der Waals surface area contributed by atoms with Gasteiger partial charge in [-0.05, 0) is 35.0 Å². The zero-order valence-corrected chi connectivity index (χ0v) is 14.9. The van der Waals surface area contributed by atoms with Crippen LogP contribution in [0.2, 0.25) is 0 Å². The van der Waals surface area contributed by atoms with E-state index in [-0.39, 0.29) is 5.91 Å². The van der Waals surface area contributed by atoms with Gasteiger partial charge < -0.3 is 10.2 Å². The van der Waals surface area contributed by atoms with Gasteiger partial charge in [0.15, 0.2) is 0 Å². The molecule has 1 aliphatic heterocycles. The Morgan fingerprint density at radius 2 is 1.78 bits per heavy atom. The fourth-order valence-corrected chi connectivity index (χ4v) is 3.62. The summed E-state index contributed by atoms with van der Waals surface area (Å²) in [5.74, 6) is 0.892. The van der Waals surface area contributed by atoms with Crippen LogP contribution in [0.25, 0.3) is 10.8 Å². The fraction of sp³-hybridized carbons (Fsp3) is 0.0909. The highest BCUT2D eigenvalue weighted by molar-refractivity contribution is 6.10. The molecule has 1 aliphatic rings. The molecule has 0 bridgehead atoms. The van der Waals surface area contributed by atoms with Gasteiger partial charge in [-0.3, -0.25) is 9.48 Å². The zero-order chi connectivity index (χ0) is 18.4. The molecule has 0 fully saturated rings. The van der Waals surface area contributed by atoms with Crippen LogP contribution in [0.1, 0.15) is 15.9 Å². The Bertz CT molecular complexity index is 1180. The predicted octanol–water partition coefficient (Wildman–Crippen LogP) is 4.48. The number of rotatable bonds is 1. The van der Waals surface area contributed by atoms with E-state index in [0.717, 1.165) is 33.5 Å². The third-order valence-electron chi connectivity index (χ3n) is 5.03. The number of nitrogens with zero attached hydrogens (tertiary/aromatic N) is 3. The third-order valence-corrected chi connectivity index (χ3v) is 5.03. The fourth-order valence-electron chi connectivity index (χ4n) is 3.62. The molecule has 1 N–H and O–H groups in total. The number of nitrogens with one attached hydrogen (secondary N) is 1. The number of benzene rings is 3. The number of anilines is 3.